The van der Waals surface area contributed by atoms with Crippen molar-refractivity contribution in [1.29, 1.82) is 5.41 Å². The summed E-state index contributed by atoms with van der Waals surface area (Å²) in [7, 11) is 0. The highest BCUT2D eigenvalue weighted by molar-refractivity contribution is 6.62. The van der Waals surface area contributed by atoms with Gasteiger partial charge < -0.3 is 0 Å². The number of hydrogen-bond acceptors (Lipinski definition) is 5. The molecule has 0 amide bonds. The van der Waals surface area contributed by atoms with Crippen LogP contribution in [-0.4, -0.2) is 21.4 Å². The Hall–Kier alpha value is -6.46. The SMILES string of the molecule is N=C1C(c2ccccn2)=CC(c2ccccn2)=C/C1=N/Nc1ccc(-c2c3ccccc3c(-c3ccccc3)c3ccccc23)cc1. The molecule has 2 heterocycles. The molecule has 0 atom stereocenters. The predicted octanol–water partition coefficient (Wildman–Crippen LogP) is 10.1. The summed E-state index contributed by atoms with van der Waals surface area (Å²) in [6.45, 7) is 0. The zero-order chi connectivity index (χ0) is 31.6. The highest BCUT2D eigenvalue weighted by Gasteiger charge is 2.21. The van der Waals surface area contributed by atoms with Crippen molar-refractivity contribution in [3.05, 3.63) is 175 Å². The third kappa shape index (κ3) is 5.30. The second-order valence-electron chi connectivity index (χ2n) is 11.4. The van der Waals surface area contributed by atoms with Gasteiger partial charge >= 0.3 is 0 Å². The van der Waals surface area contributed by atoms with E-state index in [-0.39, 0.29) is 0 Å². The number of hydrogen-bond donors (Lipinski definition) is 2. The number of anilines is 1. The van der Waals surface area contributed by atoms with Gasteiger partial charge in [-0.2, -0.15) is 5.10 Å². The Balaban J connectivity index is 1.17. The van der Waals surface area contributed by atoms with Crippen LogP contribution in [0.25, 0.3) is 54.9 Å². The van der Waals surface area contributed by atoms with Crippen molar-refractivity contribution in [2.24, 2.45) is 5.10 Å². The number of pyridine rings is 2. The number of fused-ring (bicyclic) bond motifs is 2. The van der Waals surface area contributed by atoms with Gasteiger partial charge in [0.15, 0.2) is 0 Å². The summed E-state index contributed by atoms with van der Waals surface area (Å²) >= 11 is 0. The molecule has 2 N–H and O–H groups in total. The number of nitrogens with zero attached hydrogens (tertiary/aromatic N) is 3. The summed E-state index contributed by atoms with van der Waals surface area (Å²) in [5, 5.41) is 18.6. The summed E-state index contributed by atoms with van der Waals surface area (Å²) in [6.07, 6.45) is 7.35. The lowest BCUT2D eigenvalue weighted by Crippen LogP contribution is -2.19. The van der Waals surface area contributed by atoms with E-state index < -0.39 is 0 Å². The van der Waals surface area contributed by atoms with Crippen LogP contribution in [0.1, 0.15) is 11.4 Å². The molecule has 47 heavy (non-hydrogen) atoms. The average Bonchev–Trinajstić information content (AvgIpc) is 3.14. The van der Waals surface area contributed by atoms with Gasteiger partial charge in [0.1, 0.15) is 5.71 Å². The highest BCUT2D eigenvalue weighted by Crippen LogP contribution is 2.43. The molecule has 0 spiro atoms. The Morgan fingerprint density at radius 1 is 0.489 bits per heavy atom. The standard InChI is InChI=1S/C42H29N5/c43-42-36(38-19-9-11-25-45-38)26-30(37-18-8-10-24-44-37)27-39(42)47-46-31-22-20-29(21-23-31)41-34-16-6-4-14-32(34)40(28-12-2-1-3-13-28)33-15-5-7-17-35(33)41/h1-27,43,46H/b43-42?,47-39-. The first-order chi connectivity index (χ1) is 23.2. The molecule has 5 nitrogen and oxygen atoms in total. The molecule has 7 aromatic rings. The summed E-state index contributed by atoms with van der Waals surface area (Å²) in [4.78, 5) is 9.04. The first kappa shape index (κ1) is 28.0. The van der Waals surface area contributed by atoms with Crippen LogP contribution in [-0.2, 0) is 0 Å². The molecule has 0 aliphatic heterocycles. The Labute approximate surface area is 272 Å². The van der Waals surface area contributed by atoms with E-state index in [1.165, 1.54) is 38.2 Å². The molecular weight excluding hydrogens is 574 g/mol. The zero-order valence-electron chi connectivity index (χ0n) is 25.4. The van der Waals surface area contributed by atoms with E-state index in [0.29, 0.717) is 22.7 Å². The highest BCUT2D eigenvalue weighted by atomic mass is 15.3. The van der Waals surface area contributed by atoms with Crippen molar-refractivity contribution in [1.82, 2.24) is 9.97 Å². The van der Waals surface area contributed by atoms with E-state index in [1.54, 1.807) is 12.4 Å². The summed E-state index contributed by atoms with van der Waals surface area (Å²) in [6, 6.07) is 47.8. The van der Waals surface area contributed by atoms with Crippen LogP contribution < -0.4 is 5.43 Å². The fourth-order valence-corrected chi connectivity index (χ4v) is 6.31. The van der Waals surface area contributed by atoms with Gasteiger partial charge in [-0.3, -0.25) is 20.8 Å². The van der Waals surface area contributed by atoms with Crippen LogP contribution in [0.4, 0.5) is 5.69 Å². The van der Waals surface area contributed by atoms with E-state index in [4.69, 9.17) is 10.5 Å². The second kappa shape index (κ2) is 12.1. The van der Waals surface area contributed by atoms with Crippen LogP contribution >= 0.6 is 0 Å². The minimum absolute atomic E-state index is 0.295. The monoisotopic (exact) mass is 603 g/mol. The molecule has 5 heteroatoms. The molecule has 0 unspecified atom stereocenters. The van der Waals surface area contributed by atoms with Crippen LogP contribution in [0.2, 0.25) is 0 Å². The molecule has 0 fully saturated rings. The van der Waals surface area contributed by atoms with Gasteiger partial charge in [0.25, 0.3) is 0 Å². The average molecular weight is 604 g/mol. The molecule has 8 rings (SSSR count). The lowest BCUT2D eigenvalue weighted by molar-refractivity contribution is 1.27. The number of benzene rings is 5. The first-order valence-corrected chi connectivity index (χ1v) is 15.5. The Bertz CT molecular complexity index is 2300. The number of allylic oxidation sites excluding steroid dienone is 4. The van der Waals surface area contributed by atoms with Crippen molar-refractivity contribution in [2.75, 3.05) is 5.43 Å². The number of hydrazone groups is 1. The molecule has 2 aromatic heterocycles. The van der Waals surface area contributed by atoms with Crippen LogP contribution in [0.15, 0.2) is 169 Å². The molecule has 1 aliphatic rings. The summed E-state index contributed by atoms with van der Waals surface area (Å²) in [5.41, 5.74) is 12.7. The maximum atomic E-state index is 8.99. The molecular formula is C42H29N5. The fraction of sp³-hybridized carbons (Fsp3) is 0. The van der Waals surface area contributed by atoms with Crippen molar-refractivity contribution >= 4 is 49.8 Å². The molecule has 222 valence electrons. The van der Waals surface area contributed by atoms with Crippen molar-refractivity contribution in [2.45, 2.75) is 0 Å². The zero-order valence-corrected chi connectivity index (χ0v) is 25.4. The summed E-state index contributed by atoms with van der Waals surface area (Å²) in [5.74, 6) is 0. The van der Waals surface area contributed by atoms with Crippen LogP contribution in [0.5, 0.6) is 0 Å². The van der Waals surface area contributed by atoms with E-state index in [1.807, 2.05) is 60.7 Å². The lowest BCUT2D eigenvalue weighted by atomic mass is 9.86. The maximum Gasteiger partial charge on any atom is 0.110 e. The summed E-state index contributed by atoms with van der Waals surface area (Å²) < 4.78 is 0. The quantitative estimate of drug-likeness (QED) is 0.113. The van der Waals surface area contributed by atoms with E-state index in [0.717, 1.165) is 22.5 Å². The molecule has 0 radical (unpaired) electrons. The van der Waals surface area contributed by atoms with E-state index >= 15 is 0 Å². The third-order valence-corrected chi connectivity index (χ3v) is 8.49. The van der Waals surface area contributed by atoms with Crippen LogP contribution in [0, 0.1) is 5.41 Å². The molecule has 5 aromatic carbocycles. The van der Waals surface area contributed by atoms with Gasteiger partial charge in [-0.25, -0.2) is 0 Å². The smallest absolute Gasteiger partial charge is 0.110 e. The van der Waals surface area contributed by atoms with Crippen molar-refractivity contribution in [3.8, 4) is 22.3 Å². The Morgan fingerprint density at radius 2 is 1.00 bits per heavy atom. The van der Waals surface area contributed by atoms with Crippen molar-refractivity contribution in [3.63, 3.8) is 0 Å². The minimum Gasteiger partial charge on any atom is -0.298 e. The molecule has 0 saturated carbocycles. The largest absolute Gasteiger partial charge is 0.298 e. The van der Waals surface area contributed by atoms with E-state index in [9.17, 15) is 0 Å². The van der Waals surface area contributed by atoms with Crippen LogP contribution in [0.3, 0.4) is 0 Å². The third-order valence-electron chi connectivity index (χ3n) is 8.49. The maximum absolute atomic E-state index is 8.99. The second-order valence-corrected chi connectivity index (χ2v) is 11.4. The van der Waals surface area contributed by atoms with Crippen molar-refractivity contribution < 1.29 is 0 Å². The van der Waals surface area contributed by atoms with Gasteiger partial charge in [-0.05, 0) is 92.3 Å². The molecule has 0 bridgehead atoms. The van der Waals surface area contributed by atoms with Gasteiger partial charge in [0.05, 0.1) is 22.8 Å². The Morgan fingerprint density at radius 3 is 1.55 bits per heavy atom. The molecule has 1 aliphatic carbocycles. The Kier molecular flexibility index (Phi) is 7.25. The number of nitrogens with one attached hydrogen (secondary N) is 2. The normalized spacial score (nSPS) is 13.9. The lowest BCUT2D eigenvalue weighted by Gasteiger charge is -2.18. The van der Waals surface area contributed by atoms with Gasteiger partial charge in [0.2, 0.25) is 0 Å². The topological polar surface area (TPSA) is 74.0 Å². The predicted molar refractivity (Wildman–Crippen MR) is 196 cm³/mol. The minimum atomic E-state index is 0.295. The van der Waals surface area contributed by atoms with Gasteiger partial charge in [0, 0.05) is 23.5 Å². The number of aromatic nitrogens is 2. The van der Waals surface area contributed by atoms with Gasteiger partial charge in [-0.15, -0.1) is 0 Å². The fourth-order valence-electron chi connectivity index (χ4n) is 6.31. The van der Waals surface area contributed by atoms with Gasteiger partial charge in [-0.1, -0.05) is 103 Å². The van der Waals surface area contributed by atoms with E-state index in [2.05, 4.69) is 106 Å². The number of rotatable bonds is 6. The first-order valence-electron chi connectivity index (χ1n) is 15.5. The molecule has 0 saturated heterocycles.